The number of thioether (sulfide) groups is 2. The molecule has 0 spiro atoms. The Morgan fingerprint density at radius 1 is 1.00 bits per heavy atom. The number of hydrogen-bond donors (Lipinski definition) is 2. The Labute approximate surface area is 93.5 Å². The minimum absolute atomic E-state index is 0.536. The first-order valence-electron chi connectivity index (χ1n) is 4.48. The van der Waals surface area contributed by atoms with Gasteiger partial charge in [0.1, 0.15) is 9.87 Å². The lowest BCUT2D eigenvalue weighted by molar-refractivity contribution is 0.137. The largest absolute Gasteiger partial charge is 0.378 e. The molecule has 14 heavy (non-hydrogen) atoms. The van der Waals surface area contributed by atoms with Crippen molar-refractivity contribution in [3.05, 3.63) is 25.3 Å². The Kier molecular flexibility index (Phi) is 4.13. The molecule has 1 saturated heterocycles. The Bertz CT molecular complexity index is 196. The van der Waals surface area contributed by atoms with Gasteiger partial charge in [0.05, 0.1) is 0 Å². The number of hydrogen-bond acceptors (Lipinski definition) is 4. The van der Waals surface area contributed by atoms with Gasteiger partial charge in [0.25, 0.3) is 0 Å². The van der Waals surface area contributed by atoms with Crippen LogP contribution in [0.4, 0.5) is 0 Å². The summed E-state index contributed by atoms with van der Waals surface area (Å²) in [5, 5.41) is 20.0. The van der Waals surface area contributed by atoms with Crippen molar-refractivity contribution < 1.29 is 10.2 Å². The highest BCUT2D eigenvalue weighted by molar-refractivity contribution is 8.07. The zero-order valence-electron chi connectivity index (χ0n) is 8.11. The Morgan fingerprint density at radius 3 is 1.57 bits per heavy atom. The molecular formula is C10H16O2S2. The summed E-state index contributed by atoms with van der Waals surface area (Å²) in [6, 6.07) is 0. The summed E-state index contributed by atoms with van der Waals surface area (Å²) in [7, 11) is 0. The zero-order valence-corrected chi connectivity index (χ0v) is 9.74. The van der Waals surface area contributed by atoms with E-state index in [1.807, 2.05) is 0 Å². The predicted molar refractivity (Wildman–Crippen MR) is 64.4 cm³/mol. The van der Waals surface area contributed by atoms with Gasteiger partial charge in [-0.3, -0.25) is 0 Å². The summed E-state index contributed by atoms with van der Waals surface area (Å²) in [4.78, 5) is -1.50. The van der Waals surface area contributed by atoms with E-state index in [-0.39, 0.29) is 0 Å². The molecule has 1 aliphatic rings. The van der Waals surface area contributed by atoms with E-state index in [4.69, 9.17) is 0 Å². The topological polar surface area (TPSA) is 40.5 Å². The molecule has 80 valence electrons. The predicted octanol–water partition coefficient (Wildman–Crippen LogP) is 2.00. The van der Waals surface area contributed by atoms with Crippen LogP contribution in [0.2, 0.25) is 0 Å². The van der Waals surface area contributed by atoms with E-state index in [1.165, 1.54) is 23.5 Å². The highest BCUT2D eigenvalue weighted by Crippen LogP contribution is 2.45. The highest BCUT2D eigenvalue weighted by atomic mass is 32.2. The van der Waals surface area contributed by atoms with Crippen LogP contribution in [0.15, 0.2) is 25.3 Å². The Hall–Kier alpha value is 0.100. The summed E-state index contributed by atoms with van der Waals surface area (Å²) in [6.45, 7) is 7.22. The maximum Gasteiger partial charge on any atom is 0.123 e. The van der Waals surface area contributed by atoms with Gasteiger partial charge in [-0.05, 0) is 0 Å². The lowest BCUT2D eigenvalue weighted by atomic mass is 10.2. The molecule has 1 fully saturated rings. The SMILES string of the molecule is C=CCC1(O)CSC(O)(CC=C)CS1. The summed E-state index contributed by atoms with van der Waals surface area (Å²) >= 11 is 2.81. The smallest absolute Gasteiger partial charge is 0.123 e. The third-order valence-electron chi connectivity index (χ3n) is 2.06. The van der Waals surface area contributed by atoms with Crippen molar-refractivity contribution in [2.24, 2.45) is 0 Å². The molecule has 2 atom stereocenters. The van der Waals surface area contributed by atoms with Gasteiger partial charge in [0.2, 0.25) is 0 Å². The molecule has 0 radical (unpaired) electrons. The first-order valence-corrected chi connectivity index (χ1v) is 6.45. The molecule has 0 aromatic rings. The van der Waals surface area contributed by atoms with Crippen molar-refractivity contribution in [1.82, 2.24) is 0 Å². The van der Waals surface area contributed by atoms with Gasteiger partial charge in [0, 0.05) is 24.3 Å². The second-order valence-electron chi connectivity index (χ2n) is 3.46. The molecule has 0 saturated carbocycles. The normalized spacial score (nSPS) is 37.9. The fourth-order valence-corrected chi connectivity index (χ4v) is 3.98. The summed E-state index contributed by atoms with van der Waals surface area (Å²) < 4.78 is 0. The lowest BCUT2D eigenvalue weighted by Crippen LogP contribution is -2.41. The Morgan fingerprint density at radius 2 is 1.36 bits per heavy atom. The van der Waals surface area contributed by atoms with Gasteiger partial charge in [0.15, 0.2) is 0 Å². The van der Waals surface area contributed by atoms with E-state index in [0.29, 0.717) is 24.3 Å². The van der Waals surface area contributed by atoms with Gasteiger partial charge in [-0.2, -0.15) is 0 Å². The Balaban J connectivity index is 2.51. The van der Waals surface area contributed by atoms with Crippen LogP contribution in [-0.2, 0) is 0 Å². The van der Waals surface area contributed by atoms with Crippen LogP contribution in [0.5, 0.6) is 0 Å². The van der Waals surface area contributed by atoms with E-state index in [9.17, 15) is 10.2 Å². The molecule has 1 rings (SSSR count). The quantitative estimate of drug-likeness (QED) is 0.727. The first-order chi connectivity index (χ1) is 6.54. The minimum Gasteiger partial charge on any atom is -0.378 e. The third kappa shape index (κ3) is 3.05. The van der Waals surface area contributed by atoms with Gasteiger partial charge >= 0.3 is 0 Å². The van der Waals surface area contributed by atoms with E-state index in [2.05, 4.69) is 13.2 Å². The second-order valence-corrected chi connectivity index (χ2v) is 6.13. The van der Waals surface area contributed by atoms with Crippen LogP contribution >= 0.6 is 23.5 Å². The zero-order chi connectivity index (χ0) is 10.7. The first kappa shape index (κ1) is 12.2. The standard InChI is InChI=1S/C10H16O2S2/c1-3-5-9(11)7-14-10(12,6-4-2)8-13-9/h3-4,11-12H,1-2,5-8H2. The maximum absolute atomic E-state index is 10.0. The van der Waals surface area contributed by atoms with Crippen LogP contribution < -0.4 is 0 Å². The summed E-state index contributed by atoms with van der Waals surface area (Å²) in [6.07, 6.45) is 4.56. The third-order valence-corrected chi connectivity index (χ3v) is 5.37. The number of rotatable bonds is 4. The molecular weight excluding hydrogens is 216 g/mol. The minimum atomic E-state index is -0.750. The molecule has 2 unspecified atom stereocenters. The van der Waals surface area contributed by atoms with Crippen LogP contribution in [-0.4, -0.2) is 31.6 Å². The van der Waals surface area contributed by atoms with Crippen molar-refractivity contribution in [2.45, 2.75) is 22.7 Å². The molecule has 0 amide bonds. The van der Waals surface area contributed by atoms with Crippen LogP contribution in [0.1, 0.15) is 12.8 Å². The van der Waals surface area contributed by atoms with Crippen LogP contribution in [0.25, 0.3) is 0 Å². The lowest BCUT2D eigenvalue weighted by Gasteiger charge is -2.39. The second kappa shape index (κ2) is 4.75. The fraction of sp³-hybridized carbons (Fsp3) is 0.600. The molecule has 0 aromatic heterocycles. The van der Waals surface area contributed by atoms with Crippen molar-refractivity contribution in [3.63, 3.8) is 0 Å². The van der Waals surface area contributed by atoms with Gasteiger partial charge in [-0.25, -0.2) is 0 Å². The van der Waals surface area contributed by atoms with Crippen LogP contribution in [0, 0.1) is 0 Å². The van der Waals surface area contributed by atoms with Gasteiger partial charge in [-0.15, -0.1) is 36.7 Å². The van der Waals surface area contributed by atoms with E-state index < -0.39 is 9.87 Å². The van der Waals surface area contributed by atoms with E-state index >= 15 is 0 Å². The molecule has 1 heterocycles. The fourth-order valence-electron chi connectivity index (χ4n) is 1.26. The van der Waals surface area contributed by atoms with Gasteiger partial charge < -0.3 is 10.2 Å². The summed E-state index contributed by atoms with van der Waals surface area (Å²) in [5.41, 5.74) is 0. The average molecular weight is 232 g/mol. The van der Waals surface area contributed by atoms with E-state index in [0.717, 1.165) is 0 Å². The molecule has 4 heteroatoms. The molecule has 0 aliphatic carbocycles. The van der Waals surface area contributed by atoms with Crippen molar-refractivity contribution in [1.29, 1.82) is 0 Å². The monoisotopic (exact) mass is 232 g/mol. The number of aliphatic hydroxyl groups is 2. The van der Waals surface area contributed by atoms with E-state index in [1.54, 1.807) is 12.2 Å². The van der Waals surface area contributed by atoms with Gasteiger partial charge in [-0.1, -0.05) is 12.2 Å². The van der Waals surface area contributed by atoms with Crippen LogP contribution in [0.3, 0.4) is 0 Å². The molecule has 2 N–H and O–H groups in total. The maximum atomic E-state index is 10.0. The molecule has 2 nitrogen and oxygen atoms in total. The molecule has 0 aromatic carbocycles. The molecule has 1 aliphatic heterocycles. The van der Waals surface area contributed by atoms with Crippen molar-refractivity contribution in [2.75, 3.05) is 11.5 Å². The molecule has 0 bridgehead atoms. The van der Waals surface area contributed by atoms with Crippen molar-refractivity contribution in [3.8, 4) is 0 Å². The average Bonchev–Trinajstić information content (AvgIpc) is 2.13. The summed E-state index contributed by atoms with van der Waals surface area (Å²) in [5.74, 6) is 1.07. The highest BCUT2D eigenvalue weighted by Gasteiger charge is 2.40. The van der Waals surface area contributed by atoms with Crippen molar-refractivity contribution >= 4 is 23.5 Å².